The molecular formula is C35H34ClN3OS. The van der Waals surface area contributed by atoms with Gasteiger partial charge in [-0.15, -0.1) is 11.3 Å². The summed E-state index contributed by atoms with van der Waals surface area (Å²) in [4.78, 5) is 10.2. The van der Waals surface area contributed by atoms with Crippen molar-refractivity contribution < 1.29 is 4.74 Å². The fourth-order valence-corrected chi connectivity index (χ4v) is 6.53. The smallest absolute Gasteiger partial charge is 0.124 e. The van der Waals surface area contributed by atoms with Crippen LogP contribution in [0.5, 0.6) is 5.75 Å². The third kappa shape index (κ3) is 6.71. The fraction of sp³-hybridized carbons (Fsp3) is 0.229. The standard InChI is InChI=1S/C35H34ClN3OS/c1-26-9-5-8-14-33(26)40-24-29-12-6-7-13-32(29)35-37-31(25-41-35)23-38-19-21-39(22-20-38)34(27-10-3-2-4-11-27)28-15-17-30(36)18-16-28/h2-18,25,34H,19-24H2,1H3. The fourth-order valence-electron chi connectivity index (χ4n) is 5.54. The molecule has 4 nitrogen and oxygen atoms in total. The zero-order valence-electron chi connectivity index (χ0n) is 23.2. The van der Waals surface area contributed by atoms with Gasteiger partial charge in [0.05, 0.1) is 11.7 Å². The molecule has 1 aliphatic rings. The van der Waals surface area contributed by atoms with Crippen molar-refractivity contribution in [2.75, 3.05) is 26.2 Å². The highest BCUT2D eigenvalue weighted by molar-refractivity contribution is 7.13. The van der Waals surface area contributed by atoms with E-state index in [-0.39, 0.29) is 6.04 Å². The molecule has 6 heteroatoms. The van der Waals surface area contributed by atoms with Gasteiger partial charge in [0.1, 0.15) is 17.4 Å². The van der Waals surface area contributed by atoms with E-state index in [1.165, 1.54) is 11.1 Å². The van der Waals surface area contributed by atoms with Gasteiger partial charge in [0.25, 0.3) is 0 Å². The van der Waals surface area contributed by atoms with E-state index in [2.05, 4.69) is 94.9 Å². The zero-order valence-corrected chi connectivity index (χ0v) is 24.8. The van der Waals surface area contributed by atoms with Crippen molar-refractivity contribution in [3.63, 3.8) is 0 Å². The van der Waals surface area contributed by atoms with Crippen LogP contribution in [0, 0.1) is 6.92 Å². The summed E-state index contributed by atoms with van der Waals surface area (Å²) in [5.41, 5.74) is 7.17. The van der Waals surface area contributed by atoms with E-state index >= 15 is 0 Å². The molecule has 4 aromatic carbocycles. The van der Waals surface area contributed by atoms with Gasteiger partial charge in [-0.1, -0.05) is 96.5 Å². The highest BCUT2D eigenvalue weighted by atomic mass is 35.5. The van der Waals surface area contributed by atoms with Gasteiger partial charge in [-0.2, -0.15) is 0 Å². The van der Waals surface area contributed by atoms with Gasteiger partial charge in [-0.25, -0.2) is 4.98 Å². The quantitative estimate of drug-likeness (QED) is 0.176. The van der Waals surface area contributed by atoms with Crippen LogP contribution in [0.15, 0.2) is 109 Å². The maximum absolute atomic E-state index is 6.21. The molecule has 1 aromatic heterocycles. The van der Waals surface area contributed by atoms with E-state index < -0.39 is 0 Å². The summed E-state index contributed by atoms with van der Waals surface area (Å²) in [6.45, 7) is 7.47. The van der Waals surface area contributed by atoms with E-state index in [1.807, 2.05) is 30.3 Å². The molecule has 0 spiro atoms. The number of para-hydroxylation sites is 1. The number of aryl methyl sites for hydroxylation is 1. The van der Waals surface area contributed by atoms with Crippen LogP contribution < -0.4 is 4.74 Å². The third-order valence-electron chi connectivity index (χ3n) is 7.73. The number of benzene rings is 4. The lowest BCUT2D eigenvalue weighted by Gasteiger charge is -2.39. The van der Waals surface area contributed by atoms with Crippen LogP contribution in [-0.2, 0) is 13.2 Å². The molecule has 0 N–H and O–H groups in total. The summed E-state index contributed by atoms with van der Waals surface area (Å²) in [6.07, 6.45) is 0. The molecule has 2 heterocycles. The summed E-state index contributed by atoms with van der Waals surface area (Å²) in [5, 5.41) is 4.03. The summed E-state index contributed by atoms with van der Waals surface area (Å²) in [5.74, 6) is 0.923. The normalized spacial score (nSPS) is 15.1. The molecule has 41 heavy (non-hydrogen) atoms. The first-order valence-corrected chi connectivity index (χ1v) is 15.4. The number of thiazole rings is 1. The van der Waals surface area contributed by atoms with E-state index in [4.69, 9.17) is 21.3 Å². The molecule has 0 saturated carbocycles. The molecule has 0 bridgehead atoms. The van der Waals surface area contributed by atoms with Gasteiger partial charge in [-0.3, -0.25) is 9.80 Å². The number of halogens is 1. The summed E-state index contributed by atoms with van der Waals surface area (Å²) < 4.78 is 6.17. The minimum atomic E-state index is 0.222. The maximum Gasteiger partial charge on any atom is 0.124 e. The molecule has 1 unspecified atom stereocenters. The molecular weight excluding hydrogens is 546 g/mol. The summed E-state index contributed by atoms with van der Waals surface area (Å²) in [7, 11) is 0. The number of ether oxygens (including phenoxy) is 1. The lowest BCUT2D eigenvalue weighted by Crippen LogP contribution is -2.47. The minimum Gasteiger partial charge on any atom is -0.489 e. The molecule has 1 aliphatic heterocycles. The first-order valence-electron chi connectivity index (χ1n) is 14.1. The van der Waals surface area contributed by atoms with Gasteiger partial charge < -0.3 is 4.74 Å². The first kappa shape index (κ1) is 27.7. The van der Waals surface area contributed by atoms with E-state index in [9.17, 15) is 0 Å². The lowest BCUT2D eigenvalue weighted by molar-refractivity contribution is 0.104. The Labute approximate surface area is 251 Å². The maximum atomic E-state index is 6.21. The number of nitrogens with zero attached hydrogens (tertiary/aromatic N) is 3. The SMILES string of the molecule is Cc1ccccc1OCc1ccccc1-c1nc(CN2CCN(C(c3ccccc3)c3ccc(Cl)cc3)CC2)cs1. The Hall–Kier alpha value is -3.48. The van der Waals surface area contributed by atoms with Crippen LogP contribution in [0.1, 0.15) is 34.0 Å². The van der Waals surface area contributed by atoms with Crippen LogP contribution in [0.25, 0.3) is 10.6 Å². The Bertz CT molecular complexity index is 1560. The number of aromatic nitrogens is 1. The van der Waals surface area contributed by atoms with E-state index in [1.54, 1.807) is 11.3 Å². The second-order valence-electron chi connectivity index (χ2n) is 10.5. The average Bonchev–Trinajstić information content (AvgIpc) is 3.48. The lowest BCUT2D eigenvalue weighted by atomic mass is 9.96. The molecule has 0 aliphatic carbocycles. The van der Waals surface area contributed by atoms with Crippen LogP contribution in [0.4, 0.5) is 0 Å². The second-order valence-corrected chi connectivity index (χ2v) is 11.8. The minimum absolute atomic E-state index is 0.222. The Morgan fingerprint density at radius 3 is 2.27 bits per heavy atom. The number of hydrogen-bond acceptors (Lipinski definition) is 5. The van der Waals surface area contributed by atoms with Crippen molar-refractivity contribution >= 4 is 22.9 Å². The Balaban J connectivity index is 1.11. The Morgan fingerprint density at radius 1 is 0.805 bits per heavy atom. The second kappa shape index (κ2) is 13.0. The van der Waals surface area contributed by atoms with Gasteiger partial charge in [0.15, 0.2) is 0 Å². The van der Waals surface area contributed by atoms with Gasteiger partial charge in [0, 0.05) is 48.7 Å². The molecule has 1 fully saturated rings. The van der Waals surface area contributed by atoms with Crippen molar-refractivity contribution in [3.05, 3.63) is 141 Å². The van der Waals surface area contributed by atoms with Crippen molar-refractivity contribution in [2.45, 2.75) is 26.1 Å². The van der Waals surface area contributed by atoms with Gasteiger partial charge in [0.2, 0.25) is 0 Å². The van der Waals surface area contributed by atoms with E-state index in [0.717, 1.165) is 70.9 Å². The molecule has 0 amide bonds. The predicted octanol–water partition coefficient (Wildman–Crippen LogP) is 8.26. The predicted molar refractivity (Wildman–Crippen MR) is 170 cm³/mol. The number of hydrogen-bond donors (Lipinski definition) is 0. The van der Waals surface area contributed by atoms with Crippen molar-refractivity contribution in [1.29, 1.82) is 0 Å². The summed E-state index contributed by atoms with van der Waals surface area (Å²) in [6, 6.07) is 35.9. The average molecular weight is 580 g/mol. The monoisotopic (exact) mass is 579 g/mol. The Morgan fingerprint density at radius 2 is 1.49 bits per heavy atom. The molecule has 1 atom stereocenters. The highest BCUT2D eigenvalue weighted by Gasteiger charge is 2.27. The van der Waals surface area contributed by atoms with Crippen LogP contribution in [0.2, 0.25) is 5.02 Å². The first-order chi connectivity index (χ1) is 20.1. The van der Waals surface area contributed by atoms with Crippen LogP contribution in [0.3, 0.4) is 0 Å². The third-order valence-corrected chi connectivity index (χ3v) is 8.91. The zero-order chi connectivity index (χ0) is 28.0. The molecule has 5 aromatic rings. The van der Waals surface area contributed by atoms with Crippen molar-refractivity contribution in [2.24, 2.45) is 0 Å². The van der Waals surface area contributed by atoms with Crippen molar-refractivity contribution in [3.8, 4) is 16.3 Å². The van der Waals surface area contributed by atoms with Crippen LogP contribution in [-0.4, -0.2) is 41.0 Å². The van der Waals surface area contributed by atoms with Gasteiger partial charge >= 0.3 is 0 Å². The van der Waals surface area contributed by atoms with Crippen LogP contribution >= 0.6 is 22.9 Å². The summed E-state index contributed by atoms with van der Waals surface area (Å²) >= 11 is 7.93. The highest BCUT2D eigenvalue weighted by Crippen LogP contribution is 2.32. The Kier molecular flexibility index (Phi) is 8.78. The molecule has 208 valence electrons. The topological polar surface area (TPSA) is 28.6 Å². The largest absolute Gasteiger partial charge is 0.489 e. The number of rotatable bonds is 9. The van der Waals surface area contributed by atoms with Crippen molar-refractivity contribution in [1.82, 2.24) is 14.8 Å². The van der Waals surface area contributed by atoms with E-state index in [0.29, 0.717) is 6.61 Å². The molecule has 6 rings (SSSR count). The number of piperazine rings is 1. The molecule has 1 saturated heterocycles. The van der Waals surface area contributed by atoms with Gasteiger partial charge in [-0.05, 0) is 47.4 Å². The molecule has 0 radical (unpaired) electrons.